The molecule has 0 unspecified atom stereocenters. The maximum atomic E-state index is 12.0. The topological polar surface area (TPSA) is 61.8 Å². The molecule has 1 aliphatic heterocycles. The molecule has 0 amide bonds. The molecule has 136 valence electrons. The summed E-state index contributed by atoms with van der Waals surface area (Å²) in [6.45, 7) is 13.2. The van der Waals surface area contributed by atoms with Crippen molar-refractivity contribution in [2.24, 2.45) is 5.92 Å². The van der Waals surface area contributed by atoms with E-state index in [4.69, 9.17) is 14.2 Å². The van der Waals surface area contributed by atoms with Gasteiger partial charge >= 0.3 is 11.9 Å². The van der Waals surface area contributed by atoms with Gasteiger partial charge in [0.2, 0.25) is 0 Å². The third-order valence-electron chi connectivity index (χ3n) is 3.76. The Morgan fingerprint density at radius 1 is 1.29 bits per heavy atom. The summed E-state index contributed by atoms with van der Waals surface area (Å²) >= 11 is 0. The lowest BCUT2D eigenvalue weighted by Crippen LogP contribution is -2.36. The normalized spacial score (nSPS) is 25.0. The van der Waals surface area contributed by atoms with E-state index in [2.05, 4.69) is 13.5 Å². The van der Waals surface area contributed by atoms with Gasteiger partial charge in [-0.25, -0.2) is 4.79 Å². The van der Waals surface area contributed by atoms with Crippen LogP contribution in [0.2, 0.25) is 0 Å². The summed E-state index contributed by atoms with van der Waals surface area (Å²) in [5, 5.41) is 0. The lowest BCUT2D eigenvalue weighted by Gasteiger charge is -2.35. The molecule has 24 heavy (non-hydrogen) atoms. The van der Waals surface area contributed by atoms with Gasteiger partial charge in [0, 0.05) is 6.08 Å². The summed E-state index contributed by atoms with van der Waals surface area (Å²) in [5.74, 6) is -0.380. The first-order valence-corrected chi connectivity index (χ1v) is 8.45. The third-order valence-corrected chi connectivity index (χ3v) is 3.76. The molecule has 1 rings (SSSR count). The first kappa shape index (κ1) is 20.4. The first-order valence-electron chi connectivity index (χ1n) is 8.45. The lowest BCUT2D eigenvalue weighted by atomic mass is 9.88. The van der Waals surface area contributed by atoms with E-state index in [1.54, 1.807) is 0 Å². The molecule has 0 spiro atoms. The Balaban J connectivity index is 2.66. The molecule has 0 aromatic rings. The zero-order chi connectivity index (χ0) is 18.3. The van der Waals surface area contributed by atoms with Crippen LogP contribution in [0.25, 0.3) is 0 Å². The average molecular weight is 338 g/mol. The van der Waals surface area contributed by atoms with E-state index in [1.807, 2.05) is 27.7 Å². The maximum absolute atomic E-state index is 12.0. The predicted octanol–water partition coefficient (Wildman–Crippen LogP) is 3.58. The van der Waals surface area contributed by atoms with Crippen LogP contribution in [-0.2, 0) is 23.8 Å². The molecule has 5 heteroatoms. The summed E-state index contributed by atoms with van der Waals surface area (Å²) in [6, 6.07) is 0. The molecule has 0 bridgehead atoms. The molecule has 0 aliphatic carbocycles. The molecule has 0 radical (unpaired) electrons. The highest BCUT2D eigenvalue weighted by Crippen LogP contribution is 2.30. The highest BCUT2D eigenvalue weighted by Gasteiger charge is 2.31. The summed E-state index contributed by atoms with van der Waals surface area (Å²) in [6.07, 6.45) is 4.61. The Labute approximate surface area is 145 Å². The van der Waals surface area contributed by atoms with Crippen LogP contribution in [0.4, 0.5) is 0 Å². The van der Waals surface area contributed by atoms with Crippen molar-refractivity contribution in [1.82, 2.24) is 0 Å². The zero-order valence-corrected chi connectivity index (χ0v) is 15.5. The van der Waals surface area contributed by atoms with Crippen molar-refractivity contribution in [3.63, 3.8) is 0 Å². The fourth-order valence-electron chi connectivity index (χ4n) is 2.71. The minimum absolute atomic E-state index is 0.189. The number of hydrogen-bond acceptors (Lipinski definition) is 5. The second-order valence-electron chi connectivity index (χ2n) is 7.33. The first-order chi connectivity index (χ1) is 11.1. The summed E-state index contributed by atoms with van der Waals surface area (Å²) < 4.78 is 16.4. The summed E-state index contributed by atoms with van der Waals surface area (Å²) in [7, 11) is 0. The predicted molar refractivity (Wildman–Crippen MR) is 92.4 cm³/mol. The van der Waals surface area contributed by atoms with Gasteiger partial charge in [0.1, 0.15) is 12.2 Å². The zero-order valence-electron chi connectivity index (χ0n) is 15.5. The molecule has 0 saturated carbocycles. The van der Waals surface area contributed by atoms with Gasteiger partial charge in [-0.1, -0.05) is 19.6 Å². The Bertz CT molecular complexity index is 486. The lowest BCUT2D eigenvalue weighted by molar-refractivity contribution is -0.151. The number of esters is 2. The SMILES string of the molecule is C=CCOC(=O)C[C@H]1CC[C@H](C)[C@@H](/C(C)=C/C(=O)OC(C)(C)C)O1. The smallest absolute Gasteiger partial charge is 0.331 e. The molecule has 3 atom stereocenters. The van der Waals surface area contributed by atoms with E-state index in [9.17, 15) is 9.59 Å². The maximum Gasteiger partial charge on any atom is 0.331 e. The van der Waals surface area contributed by atoms with E-state index >= 15 is 0 Å². The van der Waals surface area contributed by atoms with Gasteiger partial charge in [0.25, 0.3) is 0 Å². The van der Waals surface area contributed by atoms with E-state index in [-0.39, 0.29) is 43.1 Å². The fraction of sp³-hybridized carbons (Fsp3) is 0.684. The van der Waals surface area contributed by atoms with Crippen LogP contribution in [-0.4, -0.2) is 36.4 Å². The largest absolute Gasteiger partial charge is 0.461 e. The van der Waals surface area contributed by atoms with Crippen molar-refractivity contribution in [3.8, 4) is 0 Å². The van der Waals surface area contributed by atoms with Crippen molar-refractivity contribution in [2.45, 2.75) is 71.7 Å². The van der Waals surface area contributed by atoms with Crippen LogP contribution in [0.1, 0.15) is 53.9 Å². The van der Waals surface area contributed by atoms with Crippen LogP contribution in [0.5, 0.6) is 0 Å². The van der Waals surface area contributed by atoms with Gasteiger partial charge in [0.05, 0.1) is 18.6 Å². The average Bonchev–Trinajstić information content (AvgIpc) is 2.44. The monoisotopic (exact) mass is 338 g/mol. The number of hydrogen-bond donors (Lipinski definition) is 0. The number of carbonyl (C=O) groups excluding carboxylic acids is 2. The van der Waals surface area contributed by atoms with Crippen LogP contribution < -0.4 is 0 Å². The highest BCUT2D eigenvalue weighted by atomic mass is 16.6. The van der Waals surface area contributed by atoms with Crippen molar-refractivity contribution in [3.05, 3.63) is 24.3 Å². The Kier molecular flexibility index (Phi) is 7.67. The molecular weight excluding hydrogens is 308 g/mol. The summed E-state index contributed by atoms with van der Waals surface area (Å²) in [4.78, 5) is 23.7. The third kappa shape index (κ3) is 7.30. The van der Waals surface area contributed by atoms with Crippen molar-refractivity contribution in [2.75, 3.05) is 6.61 Å². The number of ether oxygens (including phenoxy) is 3. The molecule has 0 aromatic heterocycles. The number of carbonyl (C=O) groups is 2. The minimum Gasteiger partial charge on any atom is -0.461 e. The fourth-order valence-corrected chi connectivity index (χ4v) is 2.71. The van der Waals surface area contributed by atoms with Gasteiger partial charge in [-0.2, -0.15) is 0 Å². The molecular formula is C19H30O5. The molecule has 0 N–H and O–H groups in total. The van der Waals surface area contributed by atoms with Crippen LogP contribution >= 0.6 is 0 Å². The van der Waals surface area contributed by atoms with Crippen LogP contribution in [0.3, 0.4) is 0 Å². The van der Waals surface area contributed by atoms with Gasteiger partial charge in [-0.3, -0.25) is 4.79 Å². The van der Waals surface area contributed by atoms with Gasteiger partial charge in [-0.15, -0.1) is 0 Å². The minimum atomic E-state index is -0.523. The van der Waals surface area contributed by atoms with Crippen LogP contribution in [0, 0.1) is 5.92 Å². The van der Waals surface area contributed by atoms with E-state index in [0.29, 0.717) is 0 Å². The molecule has 1 fully saturated rings. The van der Waals surface area contributed by atoms with Crippen molar-refractivity contribution in [1.29, 1.82) is 0 Å². The van der Waals surface area contributed by atoms with E-state index in [0.717, 1.165) is 18.4 Å². The Hall–Kier alpha value is -1.62. The van der Waals surface area contributed by atoms with Crippen molar-refractivity contribution < 1.29 is 23.8 Å². The molecule has 0 aromatic carbocycles. The van der Waals surface area contributed by atoms with Gasteiger partial charge in [0.15, 0.2) is 0 Å². The molecule has 1 saturated heterocycles. The van der Waals surface area contributed by atoms with Gasteiger partial charge < -0.3 is 14.2 Å². The second-order valence-corrected chi connectivity index (χ2v) is 7.33. The van der Waals surface area contributed by atoms with Crippen LogP contribution in [0.15, 0.2) is 24.3 Å². The van der Waals surface area contributed by atoms with E-state index < -0.39 is 5.60 Å². The quantitative estimate of drug-likeness (QED) is 0.421. The summed E-state index contributed by atoms with van der Waals surface area (Å²) in [5.41, 5.74) is 0.297. The Morgan fingerprint density at radius 2 is 1.96 bits per heavy atom. The standard InChI is InChI=1S/C19H30O5/c1-7-10-22-16(20)12-15-9-8-13(2)18(23-15)14(3)11-17(21)24-19(4,5)6/h7,11,13,15,18H,1,8-10,12H2,2-6H3/b14-11+/t13-,15+,18-/m0/s1. The highest BCUT2D eigenvalue weighted by molar-refractivity contribution is 5.83. The van der Waals surface area contributed by atoms with Crippen molar-refractivity contribution >= 4 is 11.9 Å². The molecule has 5 nitrogen and oxygen atoms in total. The Morgan fingerprint density at radius 3 is 2.54 bits per heavy atom. The molecule has 1 aliphatic rings. The van der Waals surface area contributed by atoms with Gasteiger partial charge in [-0.05, 0) is 52.0 Å². The molecule has 1 heterocycles. The second kappa shape index (κ2) is 9.02. The number of rotatable bonds is 6. The van der Waals surface area contributed by atoms with E-state index in [1.165, 1.54) is 12.2 Å².